The summed E-state index contributed by atoms with van der Waals surface area (Å²) in [5.74, 6) is 1.31. The fraction of sp³-hybridized carbons (Fsp3) is 0.318. The van der Waals surface area contributed by atoms with Gasteiger partial charge in [-0.1, -0.05) is 36.4 Å². The van der Waals surface area contributed by atoms with E-state index in [0.29, 0.717) is 36.6 Å². The molecule has 0 saturated heterocycles. The average molecular weight is 398 g/mol. The number of hydrogen-bond donors (Lipinski definition) is 2. The molecule has 0 fully saturated rings. The lowest BCUT2D eigenvalue weighted by molar-refractivity contribution is -0.126. The molecule has 0 spiro atoms. The number of rotatable bonds is 9. The molecule has 0 radical (unpaired) electrons. The second-order valence-electron chi connectivity index (χ2n) is 6.74. The molecule has 2 aromatic carbocycles. The van der Waals surface area contributed by atoms with Gasteiger partial charge in [-0.05, 0) is 29.7 Å². The molecule has 29 heavy (non-hydrogen) atoms. The van der Waals surface area contributed by atoms with Crippen LogP contribution in [0.4, 0.5) is 0 Å². The third-order valence-electron chi connectivity index (χ3n) is 4.79. The number of amides is 1. The molecule has 0 bridgehead atoms. The number of carbonyl (C=O) groups is 1. The van der Waals surface area contributed by atoms with Crippen molar-refractivity contribution in [2.24, 2.45) is 5.73 Å². The highest BCUT2D eigenvalue weighted by atomic mass is 16.7. The molecule has 1 atom stereocenters. The standard InChI is InChI=1S/C22H26N2O5/c1-26-18-9-8-16(12-19(18)27-2)10-11-24-21(25)22(23,20-14-28-15-29-20)13-17-6-4-3-5-7-17/h3-9,12,14H,10-11,13,15,23H2,1-2H3,(H,24,25). The van der Waals surface area contributed by atoms with Gasteiger partial charge in [-0.3, -0.25) is 4.79 Å². The highest BCUT2D eigenvalue weighted by Gasteiger charge is 2.41. The van der Waals surface area contributed by atoms with Crippen molar-refractivity contribution in [1.82, 2.24) is 5.32 Å². The van der Waals surface area contributed by atoms with E-state index in [9.17, 15) is 4.79 Å². The van der Waals surface area contributed by atoms with E-state index < -0.39 is 5.54 Å². The van der Waals surface area contributed by atoms with Gasteiger partial charge in [0.15, 0.2) is 22.8 Å². The van der Waals surface area contributed by atoms with Crippen molar-refractivity contribution >= 4 is 5.91 Å². The molecule has 7 nitrogen and oxygen atoms in total. The predicted molar refractivity (Wildman–Crippen MR) is 108 cm³/mol. The van der Waals surface area contributed by atoms with Crippen LogP contribution < -0.4 is 20.5 Å². The summed E-state index contributed by atoms with van der Waals surface area (Å²) in [5.41, 5.74) is 7.11. The maximum atomic E-state index is 13.0. The van der Waals surface area contributed by atoms with Crippen LogP contribution in [0.1, 0.15) is 11.1 Å². The van der Waals surface area contributed by atoms with Crippen LogP contribution >= 0.6 is 0 Å². The largest absolute Gasteiger partial charge is 0.493 e. The summed E-state index contributed by atoms with van der Waals surface area (Å²) in [6.45, 7) is 0.470. The van der Waals surface area contributed by atoms with Gasteiger partial charge in [0.1, 0.15) is 6.26 Å². The Morgan fingerprint density at radius 2 is 1.86 bits per heavy atom. The smallest absolute Gasteiger partial charge is 0.248 e. The second kappa shape index (κ2) is 9.34. The van der Waals surface area contributed by atoms with Gasteiger partial charge in [-0.25, -0.2) is 0 Å². The van der Waals surface area contributed by atoms with Crippen molar-refractivity contribution in [3.63, 3.8) is 0 Å². The van der Waals surface area contributed by atoms with E-state index >= 15 is 0 Å². The van der Waals surface area contributed by atoms with Gasteiger partial charge in [0.25, 0.3) is 0 Å². The van der Waals surface area contributed by atoms with Crippen molar-refractivity contribution in [2.45, 2.75) is 18.4 Å². The first-order valence-corrected chi connectivity index (χ1v) is 9.34. The van der Waals surface area contributed by atoms with E-state index in [1.54, 1.807) is 14.2 Å². The highest BCUT2D eigenvalue weighted by molar-refractivity contribution is 5.89. The fourth-order valence-corrected chi connectivity index (χ4v) is 3.19. The first kappa shape index (κ1) is 20.5. The Kier molecular flexibility index (Phi) is 6.61. The summed E-state index contributed by atoms with van der Waals surface area (Å²) in [5, 5.41) is 2.92. The number of methoxy groups -OCH3 is 2. The first-order chi connectivity index (χ1) is 14.1. The van der Waals surface area contributed by atoms with Crippen molar-refractivity contribution in [2.75, 3.05) is 27.6 Å². The highest BCUT2D eigenvalue weighted by Crippen LogP contribution is 2.28. The quantitative estimate of drug-likeness (QED) is 0.673. The predicted octanol–water partition coefficient (Wildman–Crippen LogP) is 2.15. The lowest BCUT2D eigenvalue weighted by Crippen LogP contribution is -2.57. The molecule has 154 valence electrons. The van der Waals surface area contributed by atoms with Crippen LogP contribution in [0.15, 0.2) is 60.6 Å². The van der Waals surface area contributed by atoms with Crippen LogP contribution in [0, 0.1) is 0 Å². The molecular formula is C22H26N2O5. The van der Waals surface area contributed by atoms with Crippen molar-refractivity contribution < 1.29 is 23.7 Å². The molecule has 3 rings (SSSR count). The van der Waals surface area contributed by atoms with Gasteiger partial charge in [0, 0.05) is 13.0 Å². The Bertz CT molecular complexity index is 869. The third-order valence-corrected chi connectivity index (χ3v) is 4.79. The average Bonchev–Trinajstić information content (AvgIpc) is 3.29. The first-order valence-electron chi connectivity index (χ1n) is 9.34. The van der Waals surface area contributed by atoms with E-state index in [2.05, 4.69) is 5.32 Å². The number of benzene rings is 2. The minimum Gasteiger partial charge on any atom is -0.493 e. The molecule has 1 heterocycles. The van der Waals surface area contributed by atoms with Crippen molar-refractivity contribution in [3.05, 3.63) is 71.7 Å². The maximum Gasteiger partial charge on any atom is 0.248 e. The SMILES string of the molecule is COc1ccc(CCNC(=O)C(N)(Cc2ccccc2)C2=COCO2)cc1OC. The van der Waals surface area contributed by atoms with Crippen molar-refractivity contribution in [1.29, 1.82) is 0 Å². The zero-order valence-electron chi connectivity index (χ0n) is 16.6. The lowest BCUT2D eigenvalue weighted by atomic mass is 9.89. The number of nitrogens with one attached hydrogen (secondary N) is 1. The summed E-state index contributed by atoms with van der Waals surface area (Å²) >= 11 is 0. The number of ether oxygens (including phenoxy) is 4. The van der Waals surface area contributed by atoms with Crippen molar-refractivity contribution in [3.8, 4) is 11.5 Å². The van der Waals surface area contributed by atoms with Gasteiger partial charge in [-0.2, -0.15) is 0 Å². The number of hydrogen-bond acceptors (Lipinski definition) is 6. The van der Waals surface area contributed by atoms with E-state index in [1.807, 2.05) is 48.5 Å². The monoisotopic (exact) mass is 398 g/mol. The molecule has 1 unspecified atom stereocenters. The van der Waals surface area contributed by atoms with E-state index in [4.69, 9.17) is 24.7 Å². The summed E-state index contributed by atoms with van der Waals surface area (Å²) < 4.78 is 21.2. The van der Waals surface area contributed by atoms with Gasteiger partial charge in [-0.15, -0.1) is 0 Å². The van der Waals surface area contributed by atoms with Gasteiger partial charge < -0.3 is 30.0 Å². The Labute approximate surface area is 170 Å². The topological polar surface area (TPSA) is 92.0 Å². The molecule has 1 amide bonds. The molecule has 3 N–H and O–H groups in total. The molecule has 0 aliphatic carbocycles. The Hall–Kier alpha value is -3.19. The molecule has 7 heteroatoms. The minimum absolute atomic E-state index is 0.0575. The van der Waals surface area contributed by atoms with Crippen LogP contribution in [-0.4, -0.2) is 39.0 Å². The number of carbonyl (C=O) groups excluding carboxylic acids is 1. The second-order valence-corrected chi connectivity index (χ2v) is 6.74. The summed E-state index contributed by atoms with van der Waals surface area (Å²) in [7, 11) is 3.18. The van der Waals surface area contributed by atoms with Gasteiger partial charge in [0.05, 0.1) is 14.2 Å². The summed E-state index contributed by atoms with van der Waals surface area (Å²) in [6, 6.07) is 15.2. The van der Waals surface area contributed by atoms with Crippen LogP contribution in [0.25, 0.3) is 0 Å². The Morgan fingerprint density at radius 1 is 1.10 bits per heavy atom. The normalized spacial score (nSPS) is 14.8. The fourth-order valence-electron chi connectivity index (χ4n) is 3.19. The van der Waals surface area contributed by atoms with Crippen LogP contribution in [0.5, 0.6) is 11.5 Å². The summed E-state index contributed by atoms with van der Waals surface area (Å²) in [6.07, 6.45) is 2.33. The van der Waals surface area contributed by atoms with Crippen LogP contribution in [0.2, 0.25) is 0 Å². The van der Waals surface area contributed by atoms with Crippen LogP contribution in [0.3, 0.4) is 0 Å². The molecule has 1 aliphatic rings. The molecule has 0 saturated carbocycles. The van der Waals surface area contributed by atoms with Crippen LogP contribution in [-0.2, 0) is 27.1 Å². The van der Waals surface area contributed by atoms with Gasteiger partial charge >= 0.3 is 0 Å². The lowest BCUT2D eigenvalue weighted by Gasteiger charge is -2.28. The maximum absolute atomic E-state index is 13.0. The van der Waals surface area contributed by atoms with E-state index in [-0.39, 0.29) is 12.7 Å². The van der Waals surface area contributed by atoms with E-state index in [1.165, 1.54) is 6.26 Å². The molecular weight excluding hydrogens is 372 g/mol. The molecule has 1 aliphatic heterocycles. The zero-order valence-corrected chi connectivity index (χ0v) is 16.6. The Balaban J connectivity index is 1.67. The molecule has 2 aromatic rings. The van der Waals surface area contributed by atoms with E-state index in [0.717, 1.165) is 11.1 Å². The summed E-state index contributed by atoms with van der Waals surface area (Å²) in [4.78, 5) is 13.0. The Morgan fingerprint density at radius 3 is 2.52 bits per heavy atom. The van der Waals surface area contributed by atoms with Gasteiger partial charge in [0.2, 0.25) is 12.7 Å². The number of nitrogens with two attached hydrogens (primary N) is 1. The zero-order chi connectivity index (χ0) is 20.7. The molecule has 0 aromatic heterocycles. The third kappa shape index (κ3) is 4.81. The minimum atomic E-state index is -1.35.